The largest absolute Gasteiger partial charge is 0.356 e. The molecule has 0 aliphatic heterocycles. The van der Waals surface area contributed by atoms with Crippen molar-refractivity contribution in [2.24, 2.45) is 5.14 Å². The highest BCUT2D eigenvalue weighted by Gasteiger charge is 2.14. The van der Waals surface area contributed by atoms with Gasteiger partial charge in [-0.15, -0.1) is 0 Å². The van der Waals surface area contributed by atoms with Crippen molar-refractivity contribution in [1.29, 1.82) is 0 Å². The van der Waals surface area contributed by atoms with Crippen molar-refractivity contribution in [3.63, 3.8) is 0 Å². The molecule has 27 heavy (non-hydrogen) atoms. The van der Waals surface area contributed by atoms with Crippen LogP contribution in [-0.4, -0.2) is 35.0 Å². The molecule has 7 nitrogen and oxygen atoms in total. The Morgan fingerprint density at radius 2 is 1.52 bits per heavy atom. The number of benzene rings is 2. The second-order valence-corrected chi connectivity index (χ2v) is 9.86. The standard InChI is InChI=1S/C18H22N2O5S2/c19-27(24,25)17-8-6-15(7-9-17)10-12-20-18(21)11-13-26(22,23)14-16-4-2-1-3-5-16/h1-9H,10-14H2,(H,20,21)(H2,19,24,25). The Balaban J connectivity index is 1.74. The Morgan fingerprint density at radius 1 is 0.889 bits per heavy atom. The molecule has 0 aliphatic rings. The minimum atomic E-state index is -3.72. The number of primary sulfonamides is 1. The van der Waals surface area contributed by atoms with E-state index in [2.05, 4.69) is 5.32 Å². The molecule has 0 bridgehead atoms. The van der Waals surface area contributed by atoms with Gasteiger partial charge in [-0.2, -0.15) is 0 Å². The molecule has 0 aliphatic carbocycles. The summed E-state index contributed by atoms with van der Waals surface area (Å²) in [4.78, 5) is 11.9. The van der Waals surface area contributed by atoms with Crippen LogP contribution in [0.4, 0.5) is 0 Å². The van der Waals surface area contributed by atoms with Crippen LogP contribution in [0, 0.1) is 0 Å². The predicted molar refractivity (Wildman–Crippen MR) is 103 cm³/mol. The smallest absolute Gasteiger partial charge is 0.238 e. The average Bonchev–Trinajstić information content (AvgIpc) is 2.60. The molecule has 0 spiro atoms. The number of hydrogen-bond donors (Lipinski definition) is 2. The second kappa shape index (κ2) is 9.12. The lowest BCUT2D eigenvalue weighted by Crippen LogP contribution is -2.27. The van der Waals surface area contributed by atoms with Crippen molar-refractivity contribution in [2.75, 3.05) is 12.3 Å². The van der Waals surface area contributed by atoms with Gasteiger partial charge < -0.3 is 5.32 Å². The van der Waals surface area contributed by atoms with E-state index in [9.17, 15) is 21.6 Å². The zero-order valence-electron chi connectivity index (χ0n) is 14.7. The van der Waals surface area contributed by atoms with Gasteiger partial charge in [0, 0.05) is 13.0 Å². The van der Waals surface area contributed by atoms with Gasteiger partial charge in [0.25, 0.3) is 0 Å². The lowest BCUT2D eigenvalue weighted by molar-refractivity contribution is -0.120. The summed E-state index contributed by atoms with van der Waals surface area (Å²) in [5.74, 6) is -0.637. The first-order valence-electron chi connectivity index (χ1n) is 8.28. The van der Waals surface area contributed by atoms with Crippen LogP contribution in [0.5, 0.6) is 0 Å². The highest BCUT2D eigenvalue weighted by Crippen LogP contribution is 2.09. The molecule has 3 N–H and O–H groups in total. The van der Waals surface area contributed by atoms with Gasteiger partial charge in [0.2, 0.25) is 15.9 Å². The lowest BCUT2D eigenvalue weighted by atomic mass is 10.1. The summed E-state index contributed by atoms with van der Waals surface area (Å²) in [5.41, 5.74) is 1.53. The van der Waals surface area contributed by atoms with Gasteiger partial charge >= 0.3 is 0 Å². The molecule has 9 heteroatoms. The number of sulfonamides is 1. The normalized spacial score (nSPS) is 11.9. The molecule has 2 rings (SSSR count). The van der Waals surface area contributed by atoms with Gasteiger partial charge in [-0.1, -0.05) is 42.5 Å². The minimum Gasteiger partial charge on any atom is -0.356 e. The Bertz CT molecular complexity index is 970. The van der Waals surface area contributed by atoms with E-state index < -0.39 is 19.9 Å². The molecule has 0 atom stereocenters. The Kier molecular flexibility index (Phi) is 7.11. The molecule has 0 heterocycles. The van der Waals surface area contributed by atoms with E-state index in [4.69, 9.17) is 5.14 Å². The third-order valence-electron chi connectivity index (χ3n) is 3.86. The molecule has 2 aromatic carbocycles. The molecule has 0 unspecified atom stereocenters. The first-order chi connectivity index (χ1) is 12.7. The summed E-state index contributed by atoms with van der Waals surface area (Å²) in [6.45, 7) is 0.326. The van der Waals surface area contributed by atoms with Gasteiger partial charge in [0.05, 0.1) is 16.4 Å². The van der Waals surface area contributed by atoms with Gasteiger partial charge in [0.15, 0.2) is 9.84 Å². The van der Waals surface area contributed by atoms with Crippen LogP contribution >= 0.6 is 0 Å². The fourth-order valence-electron chi connectivity index (χ4n) is 2.43. The molecular formula is C18H22N2O5S2. The first kappa shape index (κ1) is 21.1. The first-order valence-corrected chi connectivity index (χ1v) is 11.7. The van der Waals surface area contributed by atoms with E-state index in [1.165, 1.54) is 12.1 Å². The van der Waals surface area contributed by atoms with Crippen LogP contribution < -0.4 is 10.5 Å². The lowest BCUT2D eigenvalue weighted by Gasteiger charge is -2.07. The van der Waals surface area contributed by atoms with Crippen LogP contribution in [0.25, 0.3) is 0 Å². The van der Waals surface area contributed by atoms with Crippen molar-refractivity contribution >= 4 is 25.8 Å². The fraction of sp³-hybridized carbons (Fsp3) is 0.278. The van der Waals surface area contributed by atoms with E-state index in [0.29, 0.717) is 18.5 Å². The summed E-state index contributed by atoms with van der Waals surface area (Å²) in [6.07, 6.45) is 0.396. The van der Waals surface area contributed by atoms with E-state index in [0.717, 1.165) is 5.56 Å². The molecule has 0 fully saturated rings. The van der Waals surface area contributed by atoms with Gasteiger partial charge in [0.1, 0.15) is 0 Å². The quantitative estimate of drug-likeness (QED) is 0.638. The topological polar surface area (TPSA) is 123 Å². The molecular weight excluding hydrogens is 388 g/mol. The maximum absolute atomic E-state index is 12.1. The van der Waals surface area contributed by atoms with Crippen molar-refractivity contribution in [2.45, 2.75) is 23.5 Å². The van der Waals surface area contributed by atoms with Crippen molar-refractivity contribution in [3.05, 3.63) is 65.7 Å². The number of nitrogens with two attached hydrogens (primary N) is 1. The molecule has 0 radical (unpaired) electrons. The molecule has 1 amide bonds. The van der Waals surface area contributed by atoms with Crippen molar-refractivity contribution < 1.29 is 21.6 Å². The SMILES string of the molecule is NS(=O)(=O)c1ccc(CCNC(=O)CCS(=O)(=O)Cc2ccccc2)cc1. The third kappa shape index (κ3) is 7.49. The molecule has 2 aromatic rings. The number of nitrogens with one attached hydrogen (secondary N) is 1. The predicted octanol–water partition coefficient (Wildman–Crippen LogP) is 0.998. The van der Waals surface area contributed by atoms with Crippen LogP contribution in [-0.2, 0) is 36.8 Å². The van der Waals surface area contributed by atoms with Gasteiger partial charge in [-0.05, 0) is 29.7 Å². The summed E-state index contributed by atoms with van der Waals surface area (Å²) < 4.78 is 46.5. The van der Waals surface area contributed by atoms with E-state index in [1.54, 1.807) is 36.4 Å². The van der Waals surface area contributed by atoms with Gasteiger partial charge in [-0.3, -0.25) is 4.79 Å². The molecule has 0 saturated carbocycles. The number of carbonyl (C=O) groups excluding carboxylic acids is 1. The number of carbonyl (C=O) groups is 1. The fourth-order valence-corrected chi connectivity index (χ4v) is 4.29. The second-order valence-electron chi connectivity index (χ2n) is 6.12. The van der Waals surface area contributed by atoms with Crippen molar-refractivity contribution in [1.82, 2.24) is 5.32 Å². The molecule has 146 valence electrons. The highest BCUT2D eigenvalue weighted by molar-refractivity contribution is 7.90. The highest BCUT2D eigenvalue weighted by atomic mass is 32.2. The van der Waals surface area contributed by atoms with Crippen LogP contribution in [0.2, 0.25) is 0 Å². The van der Waals surface area contributed by atoms with Crippen LogP contribution in [0.3, 0.4) is 0 Å². The van der Waals surface area contributed by atoms with Crippen LogP contribution in [0.1, 0.15) is 17.5 Å². The number of sulfone groups is 1. The summed E-state index contributed by atoms with van der Waals surface area (Å²) in [5, 5.41) is 7.70. The van der Waals surface area contributed by atoms with Gasteiger partial charge in [-0.25, -0.2) is 22.0 Å². The Labute approximate surface area is 159 Å². The number of amides is 1. The van der Waals surface area contributed by atoms with E-state index in [1.807, 2.05) is 6.07 Å². The Morgan fingerprint density at radius 3 is 2.11 bits per heavy atom. The monoisotopic (exact) mass is 410 g/mol. The van der Waals surface area contributed by atoms with E-state index in [-0.39, 0.29) is 28.7 Å². The molecule has 0 aromatic heterocycles. The summed E-state index contributed by atoms with van der Waals surface area (Å²) in [7, 11) is -7.08. The Hall–Kier alpha value is -2.23. The number of rotatable bonds is 9. The maximum Gasteiger partial charge on any atom is 0.238 e. The zero-order chi connectivity index (χ0) is 19.9. The minimum absolute atomic E-state index is 0.0268. The average molecular weight is 411 g/mol. The maximum atomic E-state index is 12.1. The number of hydrogen-bond acceptors (Lipinski definition) is 5. The summed E-state index contributed by atoms with van der Waals surface area (Å²) >= 11 is 0. The summed E-state index contributed by atoms with van der Waals surface area (Å²) in [6, 6.07) is 14.9. The molecule has 0 saturated heterocycles. The van der Waals surface area contributed by atoms with Crippen LogP contribution in [0.15, 0.2) is 59.5 Å². The zero-order valence-corrected chi connectivity index (χ0v) is 16.3. The van der Waals surface area contributed by atoms with Crippen molar-refractivity contribution in [3.8, 4) is 0 Å². The third-order valence-corrected chi connectivity index (χ3v) is 6.39. The van der Waals surface area contributed by atoms with E-state index >= 15 is 0 Å².